The van der Waals surface area contributed by atoms with Crippen molar-refractivity contribution in [2.24, 2.45) is 7.05 Å². The summed E-state index contributed by atoms with van der Waals surface area (Å²) in [6.07, 6.45) is 1.99. The lowest BCUT2D eigenvalue weighted by atomic mass is 9.87. The zero-order valence-electron chi connectivity index (χ0n) is 15.8. The quantitative estimate of drug-likeness (QED) is 0.558. The first-order valence-corrected chi connectivity index (χ1v) is 10.7. The molecular weight excluding hydrogens is 403 g/mol. The molecule has 2 saturated heterocycles. The molecule has 0 aliphatic carbocycles. The van der Waals surface area contributed by atoms with Crippen LogP contribution in [0, 0.1) is 0 Å². The molecule has 0 spiro atoms. The molecule has 0 radical (unpaired) electrons. The minimum atomic E-state index is -5.26. The van der Waals surface area contributed by atoms with Gasteiger partial charge in [0.05, 0.1) is 11.6 Å². The van der Waals surface area contributed by atoms with Crippen LogP contribution in [0.25, 0.3) is 10.9 Å². The van der Waals surface area contributed by atoms with E-state index in [-0.39, 0.29) is 24.0 Å². The van der Waals surface area contributed by atoms with E-state index in [1.165, 1.54) is 4.68 Å². The van der Waals surface area contributed by atoms with Crippen LogP contribution in [-0.4, -0.2) is 43.1 Å². The summed E-state index contributed by atoms with van der Waals surface area (Å²) in [6.45, 7) is 1.52. The average Bonchev–Trinajstić information content (AvgIpc) is 2.98. The standard InChI is InChI=1S/C18H21FN4O5S/c1-23-16-12(15(22-23)13-4-5-14(24)21-18(13)25)3-2-11(10-6-8-20-9-7-10)17(16)28-29(19,26)27/h2-3,10,13,20H,4-9H2,1H3,(H,21,24,25). The van der Waals surface area contributed by atoms with E-state index in [1.54, 1.807) is 19.2 Å². The van der Waals surface area contributed by atoms with Crippen LogP contribution in [0.2, 0.25) is 0 Å². The molecule has 11 heteroatoms. The summed E-state index contributed by atoms with van der Waals surface area (Å²) in [5.74, 6) is -1.54. The zero-order valence-corrected chi connectivity index (χ0v) is 16.6. The number of fused-ring (bicyclic) bond motifs is 1. The lowest BCUT2D eigenvalue weighted by molar-refractivity contribution is -0.134. The summed E-state index contributed by atoms with van der Waals surface area (Å²) in [4.78, 5) is 23.8. The van der Waals surface area contributed by atoms with Crippen molar-refractivity contribution in [1.82, 2.24) is 20.4 Å². The molecule has 4 rings (SSSR count). The Morgan fingerprint density at radius 1 is 1.21 bits per heavy atom. The van der Waals surface area contributed by atoms with Crippen molar-refractivity contribution in [3.8, 4) is 5.75 Å². The number of hydrogen-bond donors (Lipinski definition) is 2. The summed E-state index contributed by atoms with van der Waals surface area (Å²) in [5, 5.41) is 10.4. The number of carbonyl (C=O) groups is 2. The van der Waals surface area contributed by atoms with Gasteiger partial charge < -0.3 is 9.50 Å². The SMILES string of the molecule is Cn1nc(C2CCC(=O)NC2=O)c2ccc(C3CCNCC3)c(OS(=O)(=O)F)c21. The first-order valence-electron chi connectivity index (χ1n) is 9.42. The van der Waals surface area contributed by atoms with Crippen molar-refractivity contribution in [1.29, 1.82) is 0 Å². The highest BCUT2D eigenvalue weighted by atomic mass is 32.3. The molecule has 2 aromatic rings. The monoisotopic (exact) mass is 424 g/mol. The maximum Gasteiger partial charge on any atom is 0.488 e. The molecule has 1 atom stereocenters. The lowest BCUT2D eigenvalue weighted by Crippen LogP contribution is -2.39. The van der Waals surface area contributed by atoms with Gasteiger partial charge in [-0.1, -0.05) is 16.0 Å². The molecule has 1 aromatic heterocycles. The summed E-state index contributed by atoms with van der Waals surface area (Å²) < 4.78 is 42.5. The summed E-state index contributed by atoms with van der Waals surface area (Å²) in [6, 6.07) is 3.48. The number of nitrogens with zero attached hydrogens (tertiary/aromatic N) is 2. The van der Waals surface area contributed by atoms with Crippen molar-refractivity contribution >= 4 is 33.2 Å². The molecule has 2 N–H and O–H groups in total. The number of aromatic nitrogens is 2. The zero-order chi connectivity index (χ0) is 20.8. The van der Waals surface area contributed by atoms with E-state index in [9.17, 15) is 21.9 Å². The van der Waals surface area contributed by atoms with Gasteiger partial charge in [0.25, 0.3) is 0 Å². The molecular formula is C18H21FN4O5S. The van der Waals surface area contributed by atoms with E-state index >= 15 is 0 Å². The molecule has 156 valence electrons. The molecule has 0 bridgehead atoms. The Morgan fingerprint density at radius 2 is 1.93 bits per heavy atom. The number of nitrogens with one attached hydrogen (secondary N) is 2. The Labute approximate surface area is 167 Å². The molecule has 2 amide bonds. The fraction of sp³-hybridized carbons (Fsp3) is 0.500. The number of amides is 2. The van der Waals surface area contributed by atoms with E-state index in [4.69, 9.17) is 4.18 Å². The Hall–Kier alpha value is -2.53. The van der Waals surface area contributed by atoms with E-state index < -0.39 is 22.3 Å². The molecule has 3 heterocycles. The predicted molar refractivity (Wildman–Crippen MR) is 101 cm³/mol. The third-order valence-electron chi connectivity index (χ3n) is 5.55. The van der Waals surface area contributed by atoms with Crippen molar-refractivity contribution in [3.05, 3.63) is 23.4 Å². The molecule has 0 saturated carbocycles. The van der Waals surface area contributed by atoms with Gasteiger partial charge in [-0.25, -0.2) is 0 Å². The first kappa shape index (κ1) is 19.8. The van der Waals surface area contributed by atoms with Gasteiger partial charge in [0.1, 0.15) is 5.52 Å². The maximum absolute atomic E-state index is 13.6. The Kier molecular flexibility index (Phi) is 5.03. The fourth-order valence-electron chi connectivity index (χ4n) is 4.23. The minimum absolute atomic E-state index is 0.00588. The smallest absolute Gasteiger partial charge is 0.356 e. The van der Waals surface area contributed by atoms with Crippen molar-refractivity contribution < 1.29 is 26.1 Å². The van der Waals surface area contributed by atoms with Gasteiger partial charge in [-0.2, -0.15) is 13.5 Å². The van der Waals surface area contributed by atoms with Gasteiger partial charge in [0, 0.05) is 24.4 Å². The Bertz CT molecular complexity index is 1090. The van der Waals surface area contributed by atoms with Gasteiger partial charge in [-0.15, -0.1) is 0 Å². The molecule has 1 aromatic carbocycles. The van der Waals surface area contributed by atoms with Crippen LogP contribution in [0.15, 0.2) is 12.1 Å². The second-order valence-electron chi connectivity index (χ2n) is 7.39. The number of halogens is 1. The third kappa shape index (κ3) is 3.84. The molecule has 2 aliphatic rings. The first-order chi connectivity index (χ1) is 13.7. The van der Waals surface area contributed by atoms with Gasteiger partial charge in [0.15, 0.2) is 5.75 Å². The number of piperidine rings is 2. The maximum atomic E-state index is 13.6. The number of imide groups is 1. The second kappa shape index (κ2) is 7.38. The number of benzene rings is 1. The molecule has 2 fully saturated rings. The number of carbonyl (C=O) groups excluding carboxylic acids is 2. The Balaban J connectivity index is 1.87. The number of aryl methyl sites for hydroxylation is 1. The topological polar surface area (TPSA) is 119 Å². The highest BCUT2D eigenvalue weighted by molar-refractivity contribution is 7.81. The van der Waals surface area contributed by atoms with Gasteiger partial charge in [-0.3, -0.25) is 19.6 Å². The lowest BCUT2D eigenvalue weighted by Gasteiger charge is -2.25. The van der Waals surface area contributed by atoms with E-state index in [1.807, 2.05) is 0 Å². The summed E-state index contributed by atoms with van der Waals surface area (Å²) in [7, 11) is -3.68. The van der Waals surface area contributed by atoms with Crippen molar-refractivity contribution in [2.45, 2.75) is 37.5 Å². The molecule has 2 aliphatic heterocycles. The predicted octanol–water partition coefficient (Wildman–Crippen LogP) is 1.15. The number of rotatable bonds is 4. The molecule has 9 nitrogen and oxygen atoms in total. The molecule has 1 unspecified atom stereocenters. The normalized spacial score (nSPS) is 21.4. The highest BCUT2D eigenvalue weighted by Gasteiger charge is 2.34. The van der Waals surface area contributed by atoms with Crippen LogP contribution in [0.5, 0.6) is 5.75 Å². The summed E-state index contributed by atoms with van der Waals surface area (Å²) >= 11 is 0. The average molecular weight is 424 g/mol. The minimum Gasteiger partial charge on any atom is -0.356 e. The second-order valence-corrected chi connectivity index (χ2v) is 8.35. The highest BCUT2D eigenvalue weighted by Crippen LogP contribution is 2.41. The van der Waals surface area contributed by atoms with Gasteiger partial charge in [0.2, 0.25) is 11.8 Å². The van der Waals surface area contributed by atoms with Crippen LogP contribution in [0.3, 0.4) is 0 Å². The van der Waals surface area contributed by atoms with Crippen molar-refractivity contribution in [2.75, 3.05) is 13.1 Å². The van der Waals surface area contributed by atoms with E-state index in [0.29, 0.717) is 28.6 Å². The van der Waals surface area contributed by atoms with Crippen molar-refractivity contribution in [3.63, 3.8) is 0 Å². The Morgan fingerprint density at radius 3 is 2.59 bits per heavy atom. The third-order valence-corrected chi connectivity index (χ3v) is 5.92. The summed E-state index contributed by atoms with van der Waals surface area (Å²) in [5.41, 5.74) is 1.31. The number of hydrogen-bond acceptors (Lipinski definition) is 7. The molecule has 29 heavy (non-hydrogen) atoms. The van der Waals surface area contributed by atoms with Crippen LogP contribution >= 0.6 is 0 Å². The van der Waals surface area contributed by atoms with Crippen LogP contribution in [-0.2, 0) is 27.1 Å². The van der Waals surface area contributed by atoms with Crippen LogP contribution < -0.4 is 14.8 Å². The van der Waals surface area contributed by atoms with Gasteiger partial charge >= 0.3 is 10.5 Å². The van der Waals surface area contributed by atoms with Gasteiger partial charge in [-0.05, 0) is 38.3 Å². The van der Waals surface area contributed by atoms with Crippen LogP contribution in [0.1, 0.15) is 48.8 Å². The van der Waals surface area contributed by atoms with E-state index in [0.717, 1.165) is 25.9 Å². The fourth-order valence-corrected chi connectivity index (χ4v) is 4.61. The largest absolute Gasteiger partial charge is 0.488 e. The van der Waals surface area contributed by atoms with E-state index in [2.05, 4.69) is 15.7 Å². The van der Waals surface area contributed by atoms with Crippen LogP contribution in [0.4, 0.5) is 3.89 Å².